The number of hydrogen-bond acceptors (Lipinski definition) is 3. The predicted molar refractivity (Wildman–Crippen MR) is 99.8 cm³/mol. The lowest BCUT2D eigenvalue weighted by Crippen LogP contribution is -2.30. The predicted octanol–water partition coefficient (Wildman–Crippen LogP) is 3.40. The van der Waals surface area contributed by atoms with Gasteiger partial charge in [0.15, 0.2) is 5.11 Å². The van der Waals surface area contributed by atoms with Crippen molar-refractivity contribution in [2.24, 2.45) is 0 Å². The molecule has 1 aliphatic carbocycles. The van der Waals surface area contributed by atoms with Gasteiger partial charge in [0.1, 0.15) is 5.75 Å². The molecule has 124 valence electrons. The number of hydrogen-bond donors (Lipinski definition) is 3. The molecule has 1 aliphatic rings. The SMILES string of the molecule is COc1ccc(NC(=O)c2ccc(NC(=S)NC3CC3)cc2)cc1. The number of carbonyl (C=O) groups is 1. The van der Waals surface area contributed by atoms with E-state index in [1.165, 1.54) is 12.8 Å². The molecule has 1 amide bonds. The molecule has 2 aromatic carbocycles. The zero-order valence-electron chi connectivity index (χ0n) is 13.3. The first-order valence-corrected chi connectivity index (χ1v) is 8.18. The summed E-state index contributed by atoms with van der Waals surface area (Å²) in [4.78, 5) is 12.3. The number of carbonyl (C=O) groups excluding carboxylic acids is 1. The first kappa shape index (κ1) is 16.3. The summed E-state index contributed by atoms with van der Waals surface area (Å²) in [5.74, 6) is 0.588. The van der Waals surface area contributed by atoms with Crippen LogP contribution in [0.25, 0.3) is 0 Å². The second-order valence-electron chi connectivity index (χ2n) is 5.63. The molecule has 0 heterocycles. The van der Waals surface area contributed by atoms with Crippen LogP contribution < -0.4 is 20.7 Å². The van der Waals surface area contributed by atoms with Crippen molar-refractivity contribution in [2.45, 2.75) is 18.9 Å². The average molecular weight is 341 g/mol. The van der Waals surface area contributed by atoms with Crippen molar-refractivity contribution in [3.8, 4) is 5.75 Å². The summed E-state index contributed by atoms with van der Waals surface area (Å²) in [5, 5.41) is 9.80. The normalized spacial score (nSPS) is 13.0. The maximum absolute atomic E-state index is 12.3. The minimum Gasteiger partial charge on any atom is -0.497 e. The molecule has 1 fully saturated rings. The van der Waals surface area contributed by atoms with E-state index in [0.717, 1.165) is 17.1 Å². The lowest BCUT2D eigenvalue weighted by atomic mass is 10.2. The fraction of sp³-hybridized carbons (Fsp3) is 0.222. The first-order valence-electron chi connectivity index (χ1n) is 7.77. The van der Waals surface area contributed by atoms with Gasteiger partial charge in [0.25, 0.3) is 5.91 Å². The Hall–Kier alpha value is -2.60. The van der Waals surface area contributed by atoms with Gasteiger partial charge in [-0.15, -0.1) is 0 Å². The van der Waals surface area contributed by atoms with E-state index in [9.17, 15) is 4.79 Å². The van der Waals surface area contributed by atoms with Crippen molar-refractivity contribution in [3.05, 3.63) is 54.1 Å². The molecule has 2 aromatic rings. The molecule has 3 N–H and O–H groups in total. The third kappa shape index (κ3) is 4.45. The van der Waals surface area contributed by atoms with Gasteiger partial charge in [-0.1, -0.05) is 0 Å². The van der Waals surface area contributed by atoms with Gasteiger partial charge in [-0.25, -0.2) is 0 Å². The molecule has 0 radical (unpaired) electrons. The van der Waals surface area contributed by atoms with E-state index in [4.69, 9.17) is 17.0 Å². The molecule has 0 unspecified atom stereocenters. The number of nitrogens with one attached hydrogen (secondary N) is 3. The van der Waals surface area contributed by atoms with Gasteiger partial charge in [-0.05, 0) is 73.6 Å². The highest BCUT2D eigenvalue weighted by molar-refractivity contribution is 7.80. The van der Waals surface area contributed by atoms with Crippen LogP contribution >= 0.6 is 12.2 Å². The van der Waals surface area contributed by atoms with Crippen molar-refractivity contribution in [1.29, 1.82) is 0 Å². The van der Waals surface area contributed by atoms with Crippen LogP contribution in [0.4, 0.5) is 11.4 Å². The topological polar surface area (TPSA) is 62.4 Å². The van der Waals surface area contributed by atoms with Crippen molar-refractivity contribution in [2.75, 3.05) is 17.7 Å². The Labute approximate surface area is 146 Å². The fourth-order valence-electron chi connectivity index (χ4n) is 2.16. The maximum atomic E-state index is 12.3. The van der Waals surface area contributed by atoms with E-state index < -0.39 is 0 Å². The van der Waals surface area contributed by atoms with Crippen LogP contribution in [-0.4, -0.2) is 24.2 Å². The van der Waals surface area contributed by atoms with Gasteiger partial charge in [0.05, 0.1) is 7.11 Å². The number of amides is 1. The number of methoxy groups -OCH3 is 1. The van der Waals surface area contributed by atoms with Crippen LogP contribution in [0, 0.1) is 0 Å². The monoisotopic (exact) mass is 341 g/mol. The molecule has 3 rings (SSSR count). The van der Waals surface area contributed by atoms with E-state index in [-0.39, 0.29) is 5.91 Å². The molecular formula is C18H19N3O2S. The largest absolute Gasteiger partial charge is 0.497 e. The summed E-state index contributed by atoms with van der Waals surface area (Å²) < 4.78 is 5.10. The van der Waals surface area contributed by atoms with Crippen molar-refractivity contribution < 1.29 is 9.53 Å². The fourth-order valence-corrected chi connectivity index (χ4v) is 2.45. The van der Waals surface area contributed by atoms with Crippen LogP contribution in [0.1, 0.15) is 23.2 Å². The minimum atomic E-state index is -0.162. The molecule has 0 saturated heterocycles. The van der Waals surface area contributed by atoms with Gasteiger partial charge in [0, 0.05) is 23.0 Å². The van der Waals surface area contributed by atoms with Crippen molar-refractivity contribution in [3.63, 3.8) is 0 Å². The Morgan fingerprint density at radius 1 is 1.00 bits per heavy atom. The van der Waals surface area contributed by atoms with Gasteiger partial charge >= 0.3 is 0 Å². The highest BCUT2D eigenvalue weighted by Gasteiger charge is 2.21. The van der Waals surface area contributed by atoms with Crippen molar-refractivity contribution in [1.82, 2.24) is 5.32 Å². The Morgan fingerprint density at radius 2 is 1.58 bits per heavy atom. The van der Waals surface area contributed by atoms with E-state index >= 15 is 0 Å². The van der Waals surface area contributed by atoms with E-state index in [0.29, 0.717) is 16.7 Å². The number of rotatable bonds is 5. The first-order chi connectivity index (χ1) is 11.6. The van der Waals surface area contributed by atoms with Crippen LogP contribution in [0.15, 0.2) is 48.5 Å². The lowest BCUT2D eigenvalue weighted by molar-refractivity contribution is 0.102. The number of thiocarbonyl (C=S) groups is 1. The van der Waals surface area contributed by atoms with Crippen LogP contribution in [-0.2, 0) is 0 Å². The van der Waals surface area contributed by atoms with Crippen LogP contribution in [0.2, 0.25) is 0 Å². The number of benzene rings is 2. The summed E-state index contributed by atoms with van der Waals surface area (Å²) in [6.07, 6.45) is 2.35. The summed E-state index contributed by atoms with van der Waals surface area (Å²) in [6.45, 7) is 0. The van der Waals surface area contributed by atoms with Gasteiger partial charge in [-0.3, -0.25) is 4.79 Å². The Morgan fingerprint density at radius 3 is 2.17 bits per heavy atom. The zero-order chi connectivity index (χ0) is 16.9. The molecule has 1 saturated carbocycles. The van der Waals surface area contributed by atoms with E-state index in [1.807, 2.05) is 12.1 Å². The van der Waals surface area contributed by atoms with Crippen molar-refractivity contribution >= 4 is 34.6 Å². The Balaban J connectivity index is 1.57. The third-order valence-electron chi connectivity index (χ3n) is 3.67. The smallest absolute Gasteiger partial charge is 0.255 e. The number of ether oxygens (including phenoxy) is 1. The second-order valence-corrected chi connectivity index (χ2v) is 6.04. The molecule has 5 nitrogen and oxygen atoms in total. The molecule has 0 spiro atoms. The molecule has 6 heteroatoms. The summed E-state index contributed by atoms with van der Waals surface area (Å²) in [6, 6.07) is 14.9. The lowest BCUT2D eigenvalue weighted by Gasteiger charge is -2.10. The van der Waals surface area contributed by atoms with Crippen LogP contribution in [0.5, 0.6) is 5.75 Å². The summed E-state index contributed by atoms with van der Waals surface area (Å²) >= 11 is 5.23. The number of anilines is 2. The van der Waals surface area contributed by atoms with Gasteiger partial charge in [0.2, 0.25) is 0 Å². The molecule has 24 heavy (non-hydrogen) atoms. The molecule has 0 bridgehead atoms. The van der Waals surface area contributed by atoms with Gasteiger partial charge in [-0.2, -0.15) is 0 Å². The third-order valence-corrected chi connectivity index (χ3v) is 3.89. The molecule has 0 aromatic heterocycles. The second kappa shape index (κ2) is 7.31. The summed E-state index contributed by atoms with van der Waals surface area (Å²) in [7, 11) is 1.61. The molecule has 0 aliphatic heterocycles. The van der Waals surface area contributed by atoms with E-state index in [1.54, 1.807) is 43.5 Å². The quantitative estimate of drug-likeness (QED) is 0.728. The van der Waals surface area contributed by atoms with Crippen LogP contribution in [0.3, 0.4) is 0 Å². The van der Waals surface area contributed by atoms with E-state index in [2.05, 4.69) is 16.0 Å². The minimum absolute atomic E-state index is 0.162. The maximum Gasteiger partial charge on any atom is 0.255 e. The summed E-state index contributed by atoms with van der Waals surface area (Å²) in [5.41, 5.74) is 2.16. The Bertz CT molecular complexity index is 725. The highest BCUT2D eigenvalue weighted by Crippen LogP contribution is 2.19. The zero-order valence-corrected chi connectivity index (χ0v) is 14.2. The molecular weight excluding hydrogens is 322 g/mol. The average Bonchev–Trinajstić information content (AvgIpc) is 3.40. The molecule has 0 atom stereocenters. The van der Waals surface area contributed by atoms with Gasteiger partial charge < -0.3 is 20.7 Å². The highest BCUT2D eigenvalue weighted by atomic mass is 32.1. The Kier molecular flexibility index (Phi) is 4.96. The standard InChI is InChI=1S/C18H19N3O2S/c1-23-16-10-8-13(9-11-16)19-17(22)12-2-4-14(5-3-12)20-18(24)21-15-6-7-15/h2-5,8-11,15H,6-7H2,1H3,(H,19,22)(H2,20,21,24).